The van der Waals surface area contributed by atoms with Gasteiger partial charge in [-0.3, -0.25) is 0 Å². The van der Waals surface area contributed by atoms with Crippen molar-refractivity contribution in [1.29, 1.82) is 0 Å². The Labute approximate surface area is 173 Å². The van der Waals surface area contributed by atoms with Gasteiger partial charge in [-0.15, -0.1) is 0 Å². The van der Waals surface area contributed by atoms with Crippen LogP contribution < -0.4 is 18.9 Å². The molecule has 6 heteroatoms. The Morgan fingerprint density at radius 2 is 1.43 bits per heavy atom. The molecule has 0 atom stereocenters. The molecule has 2 aliphatic rings. The van der Waals surface area contributed by atoms with Gasteiger partial charge in [0.15, 0.2) is 23.0 Å². The molecule has 0 spiro atoms. The molecule has 30 heavy (non-hydrogen) atoms. The van der Waals surface area contributed by atoms with Crippen molar-refractivity contribution in [2.75, 3.05) is 13.6 Å². The predicted molar refractivity (Wildman–Crippen MR) is 112 cm³/mol. The lowest BCUT2D eigenvalue weighted by Gasteiger charge is -2.11. The Balaban J connectivity index is 1.52. The molecule has 2 aliphatic heterocycles. The number of hydrogen-bond acceptors (Lipinski definition) is 5. The first-order chi connectivity index (χ1) is 14.7. The molecule has 0 radical (unpaired) electrons. The molecule has 3 heterocycles. The van der Waals surface area contributed by atoms with E-state index in [1.165, 1.54) is 11.1 Å². The summed E-state index contributed by atoms with van der Waals surface area (Å²) in [5.74, 6) is 3.99. The zero-order valence-corrected chi connectivity index (χ0v) is 16.8. The molecule has 0 saturated carbocycles. The van der Waals surface area contributed by atoms with Crippen molar-refractivity contribution >= 4 is 11.0 Å². The summed E-state index contributed by atoms with van der Waals surface area (Å²) in [4.78, 5) is 4.99. The maximum absolute atomic E-state index is 5.59. The molecule has 0 aliphatic carbocycles. The van der Waals surface area contributed by atoms with E-state index in [9.17, 15) is 0 Å². The molecule has 0 bridgehead atoms. The van der Waals surface area contributed by atoms with E-state index >= 15 is 0 Å². The van der Waals surface area contributed by atoms with Gasteiger partial charge in [-0.1, -0.05) is 6.07 Å². The Hall–Kier alpha value is -3.67. The van der Waals surface area contributed by atoms with Crippen molar-refractivity contribution in [3.63, 3.8) is 0 Å². The third-order valence-corrected chi connectivity index (χ3v) is 5.77. The van der Waals surface area contributed by atoms with Crippen molar-refractivity contribution in [2.24, 2.45) is 0 Å². The minimum atomic E-state index is 0.255. The number of ether oxygens (including phenoxy) is 4. The van der Waals surface area contributed by atoms with E-state index in [0.717, 1.165) is 51.0 Å². The van der Waals surface area contributed by atoms with E-state index in [4.69, 9.17) is 23.9 Å². The van der Waals surface area contributed by atoms with E-state index in [1.807, 2.05) is 30.3 Å². The number of fused-ring (bicyclic) bond motifs is 3. The second-order valence-corrected chi connectivity index (χ2v) is 7.70. The van der Waals surface area contributed by atoms with Crippen LogP contribution >= 0.6 is 0 Å². The summed E-state index contributed by atoms with van der Waals surface area (Å²) in [6, 6.07) is 16.4. The highest BCUT2D eigenvalue weighted by Gasteiger charge is 2.20. The van der Waals surface area contributed by atoms with Crippen LogP contribution in [0, 0.1) is 13.8 Å². The van der Waals surface area contributed by atoms with E-state index in [1.54, 1.807) is 0 Å². The second kappa shape index (κ2) is 6.42. The number of rotatable bonds is 3. The van der Waals surface area contributed by atoms with E-state index in [2.05, 4.69) is 36.6 Å². The molecule has 0 unspecified atom stereocenters. The van der Waals surface area contributed by atoms with Crippen LogP contribution in [0.4, 0.5) is 0 Å². The Kier molecular flexibility index (Phi) is 3.68. The van der Waals surface area contributed by atoms with E-state index < -0.39 is 0 Å². The van der Waals surface area contributed by atoms with Crippen LogP contribution in [0.1, 0.15) is 16.7 Å². The molecule has 150 valence electrons. The van der Waals surface area contributed by atoms with Gasteiger partial charge in [0.05, 0.1) is 11.0 Å². The first-order valence-electron chi connectivity index (χ1n) is 9.92. The van der Waals surface area contributed by atoms with Gasteiger partial charge in [0.1, 0.15) is 5.82 Å². The first-order valence-corrected chi connectivity index (χ1v) is 9.92. The van der Waals surface area contributed by atoms with Crippen molar-refractivity contribution in [3.05, 3.63) is 65.2 Å². The highest BCUT2D eigenvalue weighted by atomic mass is 16.7. The summed E-state index contributed by atoms with van der Waals surface area (Å²) in [7, 11) is 0. The normalized spacial score (nSPS) is 13.9. The SMILES string of the molecule is Cc1cc2nc(-c3ccc4c(c3)OCO4)n(Cc3ccc4c(c3)OCO4)c2cc1C. The fourth-order valence-electron chi connectivity index (χ4n) is 4.02. The van der Waals surface area contributed by atoms with Crippen LogP contribution in [0.3, 0.4) is 0 Å². The standard InChI is InChI=1S/C24H20N2O4/c1-14-7-18-19(8-15(14)2)26(11-16-3-5-20-22(9-16)29-12-27-20)24(25-18)17-4-6-21-23(10-17)30-13-28-21/h3-10H,11-13H2,1-2H3. The number of aromatic nitrogens is 2. The van der Waals surface area contributed by atoms with Gasteiger partial charge in [0.25, 0.3) is 0 Å². The first kappa shape index (κ1) is 17.2. The Morgan fingerprint density at radius 1 is 0.767 bits per heavy atom. The third-order valence-electron chi connectivity index (χ3n) is 5.77. The lowest BCUT2D eigenvalue weighted by atomic mass is 10.1. The molecular formula is C24H20N2O4. The highest BCUT2D eigenvalue weighted by Crippen LogP contribution is 2.38. The summed E-state index contributed by atoms with van der Waals surface area (Å²) in [5, 5.41) is 0. The van der Waals surface area contributed by atoms with Crippen LogP contribution in [0.5, 0.6) is 23.0 Å². The number of hydrogen-bond donors (Lipinski definition) is 0. The van der Waals surface area contributed by atoms with Crippen molar-refractivity contribution in [1.82, 2.24) is 9.55 Å². The van der Waals surface area contributed by atoms with Crippen molar-refractivity contribution in [2.45, 2.75) is 20.4 Å². The molecule has 0 saturated heterocycles. The molecule has 6 rings (SSSR count). The lowest BCUT2D eigenvalue weighted by molar-refractivity contribution is 0.173. The summed E-state index contributed by atoms with van der Waals surface area (Å²) >= 11 is 0. The largest absolute Gasteiger partial charge is 0.454 e. The summed E-state index contributed by atoms with van der Waals surface area (Å²) in [6.07, 6.45) is 0. The van der Waals surface area contributed by atoms with Gasteiger partial charge in [-0.05, 0) is 73.0 Å². The number of imidazole rings is 1. The quantitative estimate of drug-likeness (QED) is 0.493. The van der Waals surface area contributed by atoms with Gasteiger partial charge in [-0.2, -0.15) is 0 Å². The molecule has 1 aromatic heterocycles. The van der Waals surface area contributed by atoms with Crippen LogP contribution in [0.2, 0.25) is 0 Å². The smallest absolute Gasteiger partial charge is 0.231 e. The molecule has 6 nitrogen and oxygen atoms in total. The average molecular weight is 400 g/mol. The summed E-state index contributed by atoms with van der Waals surface area (Å²) in [5.41, 5.74) is 6.67. The average Bonchev–Trinajstić information content (AvgIpc) is 3.47. The van der Waals surface area contributed by atoms with Gasteiger partial charge < -0.3 is 23.5 Å². The van der Waals surface area contributed by atoms with Gasteiger partial charge in [-0.25, -0.2) is 4.98 Å². The maximum Gasteiger partial charge on any atom is 0.231 e. The minimum Gasteiger partial charge on any atom is -0.454 e. The second-order valence-electron chi connectivity index (χ2n) is 7.70. The monoisotopic (exact) mass is 400 g/mol. The molecule has 3 aromatic carbocycles. The molecule has 0 N–H and O–H groups in total. The minimum absolute atomic E-state index is 0.255. The van der Waals surface area contributed by atoms with Crippen LogP contribution in [0.25, 0.3) is 22.4 Å². The third kappa shape index (κ3) is 2.68. The topological polar surface area (TPSA) is 54.7 Å². The van der Waals surface area contributed by atoms with E-state index in [-0.39, 0.29) is 13.6 Å². The Morgan fingerprint density at radius 3 is 2.23 bits per heavy atom. The Bertz CT molecular complexity index is 1310. The molecular weight excluding hydrogens is 380 g/mol. The predicted octanol–water partition coefficient (Wildman–Crippen LogP) is 4.83. The van der Waals surface area contributed by atoms with Gasteiger partial charge >= 0.3 is 0 Å². The van der Waals surface area contributed by atoms with Crippen molar-refractivity contribution in [3.8, 4) is 34.4 Å². The van der Waals surface area contributed by atoms with Crippen LogP contribution in [0.15, 0.2) is 48.5 Å². The van der Waals surface area contributed by atoms with E-state index in [0.29, 0.717) is 6.54 Å². The van der Waals surface area contributed by atoms with Crippen molar-refractivity contribution < 1.29 is 18.9 Å². The zero-order chi connectivity index (χ0) is 20.2. The number of aryl methyl sites for hydroxylation is 2. The molecule has 0 amide bonds. The summed E-state index contributed by atoms with van der Waals surface area (Å²) < 4.78 is 24.3. The maximum atomic E-state index is 5.59. The molecule has 0 fully saturated rings. The van der Waals surface area contributed by atoms with Crippen LogP contribution in [-0.4, -0.2) is 23.1 Å². The summed E-state index contributed by atoms with van der Waals surface area (Å²) in [6.45, 7) is 5.44. The zero-order valence-electron chi connectivity index (χ0n) is 16.8. The number of nitrogens with zero attached hydrogens (tertiary/aromatic N) is 2. The highest BCUT2D eigenvalue weighted by molar-refractivity contribution is 5.83. The fourth-order valence-corrected chi connectivity index (χ4v) is 4.02. The number of benzene rings is 3. The lowest BCUT2D eigenvalue weighted by Crippen LogP contribution is -2.02. The van der Waals surface area contributed by atoms with Crippen LogP contribution in [-0.2, 0) is 6.54 Å². The molecule has 4 aromatic rings. The van der Waals surface area contributed by atoms with Gasteiger partial charge in [0.2, 0.25) is 13.6 Å². The fraction of sp³-hybridized carbons (Fsp3) is 0.208. The van der Waals surface area contributed by atoms with Gasteiger partial charge in [0, 0.05) is 12.1 Å².